The maximum atomic E-state index is 13.2. The molecule has 1 saturated carbocycles. The third-order valence-corrected chi connectivity index (χ3v) is 7.95. The van der Waals surface area contributed by atoms with Crippen molar-refractivity contribution in [3.05, 3.63) is 23.5 Å². The fraction of sp³-hybridized carbons (Fsp3) is 0.583. The molecule has 0 spiro atoms. The highest BCUT2D eigenvalue weighted by Crippen LogP contribution is 2.59. The summed E-state index contributed by atoms with van der Waals surface area (Å²) in [5.41, 5.74) is 6.07. The Kier molecular flexibility index (Phi) is 4.81. The van der Waals surface area contributed by atoms with E-state index in [1.165, 1.54) is 17.7 Å². The minimum Gasteiger partial charge on any atom is -0.380 e. The van der Waals surface area contributed by atoms with Crippen LogP contribution in [0.3, 0.4) is 0 Å². The molecule has 3 atom stereocenters. The Hall–Kier alpha value is -2.78. The van der Waals surface area contributed by atoms with E-state index in [1.807, 2.05) is 13.0 Å². The number of ether oxygens (including phenoxy) is 1. The number of likely N-dealkylation sites (N-methyl/N-ethyl adjacent to an activating group) is 1. The summed E-state index contributed by atoms with van der Waals surface area (Å²) in [4.78, 5) is 29.8. The number of carbonyl (C=O) groups excluding carboxylic acids is 1. The molecule has 9 nitrogen and oxygen atoms in total. The fourth-order valence-electron chi connectivity index (χ4n) is 5.55. The van der Waals surface area contributed by atoms with Gasteiger partial charge in [-0.15, -0.1) is 0 Å². The number of amides is 1. The molecule has 6 rings (SSSR count). The first kappa shape index (κ1) is 20.8. The zero-order chi connectivity index (χ0) is 22.7. The number of nitrogens with one attached hydrogen (secondary N) is 2. The van der Waals surface area contributed by atoms with Crippen LogP contribution in [0, 0.1) is 11.3 Å². The van der Waals surface area contributed by atoms with Gasteiger partial charge >= 0.3 is 0 Å². The molecule has 2 N–H and O–H groups in total. The Morgan fingerprint density at radius 2 is 2.24 bits per heavy atom. The van der Waals surface area contributed by atoms with Gasteiger partial charge in [0.1, 0.15) is 11.2 Å². The number of anilines is 1. The second-order valence-electron chi connectivity index (χ2n) is 10.2. The van der Waals surface area contributed by atoms with Crippen LogP contribution in [0.1, 0.15) is 37.9 Å². The average molecular weight is 450 g/mol. The molecule has 4 heterocycles. The van der Waals surface area contributed by atoms with Crippen LogP contribution in [0.25, 0.3) is 22.7 Å². The molecule has 1 amide bonds. The minimum absolute atomic E-state index is 0.0441. The SMILES string of the molecule is C[C@@H](C(=O)N(C)c1cnc2[nH]c(-c3n[nH]c4c3C[C@@H]3C[C@]3(C)C4)nc2c1)N1CCCOCC1. The number of rotatable bonds is 4. The van der Waals surface area contributed by atoms with Crippen molar-refractivity contribution >= 4 is 22.8 Å². The van der Waals surface area contributed by atoms with Crippen LogP contribution >= 0.6 is 0 Å². The van der Waals surface area contributed by atoms with Crippen LogP contribution in [0.2, 0.25) is 0 Å². The number of H-pyrrole nitrogens is 2. The minimum atomic E-state index is -0.217. The Morgan fingerprint density at radius 1 is 1.36 bits per heavy atom. The molecular formula is C24H31N7O2. The van der Waals surface area contributed by atoms with Crippen molar-refractivity contribution < 1.29 is 9.53 Å². The lowest BCUT2D eigenvalue weighted by Crippen LogP contribution is -2.46. The monoisotopic (exact) mass is 449 g/mol. The second kappa shape index (κ2) is 7.63. The van der Waals surface area contributed by atoms with Crippen LogP contribution in [-0.2, 0) is 22.4 Å². The smallest absolute Gasteiger partial charge is 0.243 e. The van der Waals surface area contributed by atoms with Gasteiger partial charge in [0.05, 0.1) is 24.5 Å². The number of nitrogens with zero attached hydrogens (tertiary/aromatic N) is 5. The summed E-state index contributed by atoms with van der Waals surface area (Å²) in [7, 11) is 1.81. The third-order valence-electron chi connectivity index (χ3n) is 7.95. The molecule has 2 fully saturated rings. The van der Waals surface area contributed by atoms with Crippen molar-refractivity contribution in [2.24, 2.45) is 11.3 Å². The van der Waals surface area contributed by atoms with Gasteiger partial charge in [0, 0.05) is 38.0 Å². The lowest BCUT2D eigenvalue weighted by atomic mass is 9.88. The maximum Gasteiger partial charge on any atom is 0.243 e. The van der Waals surface area contributed by atoms with E-state index in [2.05, 4.69) is 32.0 Å². The number of fused-ring (bicyclic) bond motifs is 3. The number of pyridine rings is 1. The van der Waals surface area contributed by atoms with E-state index in [4.69, 9.17) is 9.72 Å². The summed E-state index contributed by atoms with van der Waals surface area (Å²) in [5, 5.41) is 7.84. The third kappa shape index (κ3) is 3.54. The predicted octanol–water partition coefficient (Wildman–Crippen LogP) is 2.55. The first-order chi connectivity index (χ1) is 15.9. The first-order valence-electron chi connectivity index (χ1n) is 11.9. The van der Waals surface area contributed by atoms with Gasteiger partial charge in [0.25, 0.3) is 0 Å². The predicted molar refractivity (Wildman–Crippen MR) is 125 cm³/mol. The highest BCUT2D eigenvalue weighted by molar-refractivity contribution is 5.97. The van der Waals surface area contributed by atoms with Crippen LogP contribution in [0.5, 0.6) is 0 Å². The number of aromatic amines is 2. The molecule has 3 aromatic rings. The first-order valence-corrected chi connectivity index (χ1v) is 11.9. The van der Waals surface area contributed by atoms with E-state index >= 15 is 0 Å². The number of aromatic nitrogens is 5. The number of hydrogen-bond donors (Lipinski definition) is 2. The second-order valence-corrected chi connectivity index (χ2v) is 10.2. The molecule has 0 unspecified atom stereocenters. The summed E-state index contributed by atoms with van der Waals surface area (Å²) < 4.78 is 5.53. The van der Waals surface area contributed by atoms with Crippen molar-refractivity contribution in [1.29, 1.82) is 0 Å². The van der Waals surface area contributed by atoms with Crippen molar-refractivity contribution in [2.45, 2.75) is 45.6 Å². The number of carbonyl (C=O) groups is 1. The van der Waals surface area contributed by atoms with Crippen LogP contribution < -0.4 is 4.90 Å². The average Bonchev–Trinajstić information content (AvgIpc) is 3.21. The van der Waals surface area contributed by atoms with Crippen LogP contribution in [0.4, 0.5) is 5.69 Å². The quantitative estimate of drug-likeness (QED) is 0.635. The van der Waals surface area contributed by atoms with E-state index < -0.39 is 0 Å². The van der Waals surface area contributed by atoms with Gasteiger partial charge in [-0.25, -0.2) is 9.97 Å². The summed E-state index contributed by atoms with van der Waals surface area (Å²) in [6, 6.07) is 1.71. The highest BCUT2D eigenvalue weighted by atomic mass is 16.5. The summed E-state index contributed by atoms with van der Waals surface area (Å²) >= 11 is 0. The van der Waals surface area contributed by atoms with E-state index in [0.717, 1.165) is 67.6 Å². The Morgan fingerprint density at radius 3 is 3.12 bits per heavy atom. The lowest BCUT2D eigenvalue weighted by Gasteiger charge is -2.29. The number of hydrogen-bond acceptors (Lipinski definition) is 6. The normalized spacial score (nSPS) is 25.8. The van der Waals surface area contributed by atoms with Gasteiger partial charge in [-0.1, -0.05) is 6.92 Å². The fourth-order valence-corrected chi connectivity index (χ4v) is 5.55. The van der Waals surface area contributed by atoms with Crippen LogP contribution in [0.15, 0.2) is 12.3 Å². The standard InChI is InChI=1S/C24H31N7O2/c1-14(31-5-4-7-33-8-6-31)23(32)30(3)16-10-18-21(25-13-16)27-22(26-18)20-17-9-15-11-24(15,2)12-19(17)28-29-20/h10,13-15H,4-9,11-12H2,1-3H3,(H,28,29)(H,25,26,27)/t14-,15+,24+/m0/s1. The molecule has 3 aliphatic rings. The molecule has 174 valence electrons. The molecule has 33 heavy (non-hydrogen) atoms. The van der Waals surface area contributed by atoms with Crippen molar-refractivity contribution in [3.63, 3.8) is 0 Å². The lowest BCUT2D eigenvalue weighted by molar-refractivity contribution is -0.123. The maximum absolute atomic E-state index is 13.2. The summed E-state index contributed by atoms with van der Waals surface area (Å²) in [5.74, 6) is 1.54. The summed E-state index contributed by atoms with van der Waals surface area (Å²) in [6.07, 6.45) is 6.10. The van der Waals surface area contributed by atoms with Gasteiger partial charge in [-0.2, -0.15) is 5.10 Å². The molecule has 0 radical (unpaired) electrons. The highest BCUT2D eigenvalue weighted by Gasteiger charge is 2.53. The molecule has 0 aromatic carbocycles. The molecule has 1 saturated heterocycles. The Balaban J connectivity index is 1.24. The summed E-state index contributed by atoms with van der Waals surface area (Å²) in [6.45, 7) is 7.40. The van der Waals surface area contributed by atoms with Gasteiger partial charge in [-0.3, -0.25) is 14.8 Å². The van der Waals surface area contributed by atoms with Crippen molar-refractivity contribution in [2.75, 3.05) is 38.3 Å². The topological polar surface area (TPSA) is 103 Å². The van der Waals surface area contributed by atoms with E-state index in [9.17, 15) is 4.79 Å². The van der Waals surface area contributed by atoms with Crippen molar-refractivity contribution in [1.82, 2.24) is 30.0 Å². The molecular weight excluding hydrogens is 418 g/mol. The van der Waals surface area contributed by atoms with Gasteiger partial charge in [0.15, 0.2) is 11.5 Å². The van der Waals surface area contributed by atoms with Crippen LogP contribution in [-0.4, -0.2) is 75.3 Å². The molecule has 2 aliphatic carbocycles. The van der Waals surface area contributed by atoms with E-state index in [0.29, 0.717) is 17.7 Å². The molecule has 9 heteroatoms. The van der Waals surface area contributed by atoms with Crippen molar-refractivity contribution in [3.8, 4) is 11.5 Å². The Labute approximate surface area is 192 Å². The van der Waals surface area contributed by atoms with Gasteiger partial charge in [-0.05, 0) is 50.0 Å². The zero-order valence-corrected chi connectivity index (χ0v) is 19.5. The van der Waals surface area contributed by atoms with Gasteiger partial charge in [0.2, 0.25) is 5.91 Å². The van der Waals surface area contributed by atoms with Gasteiger partial charge < -0.3 is 14.6 Å². The largest absolute Gasteiger partial charge is 0.380 e. The Bertz CT molecular complexity index is 1210. The molecule has 0 bridgehead atoms. The van der Waals surface area contributed by atoms with E-state index in [1.54, 1.807) is 18.1 Å². The molecule has 1 aliphatic heterocycles. The number of imidazole rings is 1. The zero-order valence-electron chi connectivity index (χ0n) is 19.5. The van der Waals surface area contributed by atoms with E-state index in [-0.39, 0.29) is 11.9 Å². The molecule has 3 aromatic heterocycles.